The second-order valence-electron chi connectivity index (χ2n) is 2.36. The zero-order chi connectivity index (χ0) is 10.9. The first-order valence-corrected chi connectivity index (χ1v) is 4.53. The topological polar surface area (TPSA) is 54.4 Å². The van der Waals surface area contributed by atoms with Crippen molar-refractivity contribution in [2.75, 3.05) is 0 Å². The van der Waals surface area contributed by atoms with Crippen LogP contribution in [0.25, 0.3) is 0 Å². The van der Waals surface area contributed by atoms with Gasteiger partial charge < -0.3 is 5.11 Å². The molecule has 0 spiro atoms. The summed E-state index contributed by atoms with van der Waals surface area (Å²) in [5.41, 5.74) is -0.264. The zero-order valence-electron chi connectivity index (χ0n) is 6.55. The van der Waals surface area contributed by atoms with Crippen LogP contribution < -0.4 is 0 Å². The van der Waals surface area contributed by atoms with Crippen molar-refractivity contribution in [3.8, 4) is 0 Å². The Balaban J connectivity index is 3.31. The third-order valence-electron chi connectivity index (χ3n) is 1.47. The van der Waals surface area contributed by atoms with E-state index in [0.717, 1.165) is 12.1 Å². The maximum atomic E-state index is 13.1. The average molecular weight is 281 g/mol. The lowest BCUT2D eigenvalue weighted by atomic mass is 10.1. The summed E-state index contributed by atoms with van der Waals surface area (Å²) in [4.78, 5) is 21.3. The van der Waals surface area contributed by atoms with Crippen molar-refractivity contribution in [3.63, 3.8) is 0 Å². The molecule has 1 N–H and O–H groups in total. The lowest BCUT2D eigenvalue weighted by Gasteiger charge is -2.02. The molecule has 14 heavy (non-hydrogen) atoms. The summed E-state index contributed by atoms with van der Waals surface area (Å²) >= 11 is 8.16. The van der Waals surface area contributed by atoms with Gasteiger partial charge in [-0.2, -0.15) is 0 Å². The van der Waals surface area contributed by atoms with Crippen LogP contribution in [0.2, 0.25) is 5.02 Å². The van der Waals surface area contributed by atoms with Crippen molar-refractivity contribution >= 4 is 39.3 Å². The highest BCUT2D eigenvalue weighted by molar-refractivity contribution is 9.10. The minimum atomic E-state index is -1.65. The molecule has 0 heterocycles. The maximum Gasteiger partial charge on any atom is 0.377 e. The fourth-order valence-electron chi connectivity index (χ4n) is 0.816. The van der Waals surface area contributed by atoms with E-state index in [0.29, 0.717) is 0 Å². The summed E-state index contributed by atoms with van der Waals surface area (Å²) < 4.78 is 12.9. The van der Waals surface area contributed by atoms with E-state index in [2.05, 4.69) is 15.9 Å². The van der Waals surface area contributed by atoms with Gasteiger partial charge in [0.05, 0.1) is 9.50 Å². The number of hydrogen-bond acceptors (Lipinski definition) is 2. The summed E-state index contributed by atoms with van der Waals surface area (Å²) in [6.07, 6.45) is 0. The molecule has 0 atom stereocenters. The number of aliphatic carboxylic acids is 1. The number of carboxylic acid groups (broad SMARTS) is 1. The summed E-state index contributed by atoms with van der Waals surface area (Å²) in [6.45, 7) is 0. The number of benzene rings is 1. The largest absolute Gasteiger partial charge is 0.475 e. The molecule has 0 radical (unpaired) electrons. The summed E-state index contributed by atoms with van der Waals surface area (Å²) in [6, 6.07) is 2.27. The van der Waals surface area contributed by atoms with Gasteiger partial charge in [-0.15, -0.1) is 0 Å². The van der Waals surface area contributed by atoms with Gasteiger partial charge in [-0.05, 0) is 28.1 Å². The van der Waals surface area contributed by atoms with Crippen LogP contribution >= 0.6 is 27.5 Å². The van der Waals surface area contributed by atoms with E-state index >= 15 is 0 Å². The van der Waals surface area contributed by atoms with E-state index in [-0.39, 0.29) is 15.1 Å². The Labute approximate surface area is 91.6 Å². The molecule has 0 aliphatic rings. The molecule has 0 saturated heterocycles. The van der Waals surface area contributed by atoms with Crippen molar-refractivity contribution < 1.29 is 19.1 Å². The zero-order valence-corrected chi connectivity index (χ0v) is 8.89. The monoisotopic (exact) mass is 280 g/mol. The maximum absolute atomic E-state index is 13.1. The van der Waals surface area contributed by atoms with Crippen molar-refractivity contribution in [2.24, 2.45) is 0 Å². The molecule has 0 amide bonds. The molecular weight excluding hydrogens is 278 g/mol. The molecule has 0 aromatic heterocycles. The first kappa shape index (κ1) is 11.1. The number of carboxylic acids is 1. The van der Waals surface area contributed by atoms with E-state index in [4.69, 9.17) is 16.7 Å². The molecule has 0 saturated carbocycles. The molecule has 0 unspecified atom stereocenters. The SMILES string of the molecule is O=C(O)C(=O)c1ccc(Cl)c(F)c1Br. The number of ketones is 1. The Hall–Kier alpha value is -0.940. The lowest BCUT2D eigenvalue weighted by molar-refractivity contribution is -0.131. The van der Waals surface area contributed by atoms with Crippen molar-refractivity contribution in [1.29, 1.82) is 0 Å². The molecule has 0 aliphatic heterocycles. The van der Waals surface area contributed by atoms with E-state index in [9.17, 15) is 14.0 Å². The number of rotatable bonds is 2. The molecule has 1 aromatic rings. The third kappa shape index (κ3) is 1.93. The van der Waals surface area contributed by atoms with Gasteiger partial charge in [0.25, 0.3) is 5.78 Å². The molecule has 74 valence electrons. The minimum absolute atomic E-state index is 0.182. The van der Waals surface area contributed by atoms with E-state index < -0.39 is 17.6 Å². The first-order chi connectivity index (χ1) is 6.45. The highest BCUT2D eigenvalue weighted by atomic mass is 79.9. The van der Waals surface area contributed by atoms with Gasteiger partial charge in [0.1, 0.15) is 0 Å². The molecule has 6 heteroatoms. The van der Waals surface area contributed by atoms with Gasteiger partial charge in [-0.3, -0.25) is 4.79 Å². The summed E-state index contributed by atoms with van der Waals surface area (Å²) in [5.74, 6) is -3.68. The third-order valence-corrected chi connectivity index (χ3v) is 2.54. The Bertz CT molecular complexity index is 419. The molecule has 1 aromatic carbocycles. The molecule has 0 bridgehead atoms. The molecule has 3 nitrogen and oxygen atoms in total. The summed E-state index contributed by atoms with van der Waals surface area (Å²) in [5, 5.41) is 8.21. The van der Waals surface area contributed by atoms with Crippen LogP contribution in [0.1, 0.15) is 10.4 Å². The number of carbonyl (C=O) groups excluding carboxylic acids is 1. The lowest BCUT2D eigenvalue weighted by Crippen LogP contribution is -2.13. The Morgan fingerprint density at radius 1 is 1.43 bits per heavy atom. The highest BCUT2D eigenvalue weighted by Gasteiger charge is 2.20. The van der Waals surface area contributed by atoms with Crippen molar-refractivity contribution in [1.82, 2.24) is 0 Å². The number of hydrogen-bond donors (Lipinski definition) is 1. The standard InChI is InChI=1S/C8H3BrClFO3/c9-5-3(7(12)8(13)14)1-2-4(10)6(5)11/h1-2H,(H,13,14). The van der Waals surface area contributed by atoms with Gasteiger partial charge in [-0.25, -0.2) is 9.18 Å². The van der Waals surface area contributed by atoms with Crippen LogP contribution in [0.4, 0.5) is 4.39 Å². The first-order valence-electron chi connectivity index (χ1n) is 3.36. The predicted octanol–water partition coefficient (Wildman–Crippen LogP) is 2.51. The van der Waals surface area contributed by atoms with Crippen LogP contribution in [-0.4, -0.2) is 16.9 Å². The molecular formula is C8H3BrClFO3. The van der Waals surface area contributed by atoms with Crippen LogP contribution in [0.15, 0.2) is 16.6 Å². The fraction of sp³-hybridized carbons (Fsp3) is 0. The summed E-state index contributed by atoms with van der Waals surface area (Å²) in [7, 11) is 0. The fourth-order valence-corrected chi connectivity index (χ4v) is 1.61. The van der Waals surface area contributed by atoms with Crippen LogP contribution in [0.5, 0.6) is 0 Å². The molecule has 0 fully saturated rings. The average Bonchev–Trinajstić information content (AvgIpc) is 2.13. The number of carbonyl (C=O) groups is 2. The second kappa shape index (κ2) is 4.06. The number of Topliss-reactive ketones (excluding diaryl/α,β-unsaturated/α-hetero) is 1. The van der Waals surface area contributed by atoms with Gasteiger partial charge in [0, 0.05) is 5.56 Å². The Morgan fingerprint density at radius 3 is 2.50 bits per heavy atom. The van der Waals surface area contributed by atoms with Crippen molar-refractivity contribution in [3.05, 3.63) is 33.0 Å². The van der Waals surface area contributed by atoms with Crippen LogP contribution in [-0.2, 0) is 4.79 Å². The molecule has 1 rings (SSSR count). The van der Waals surface area contributed by atoms with Gasteiger partial charge in [0.2, 0.25) is 0 Å². The van der Waals surface area contributed by atoms with Gasteiger partial charge in [-0.1, -0.05) is 11.6 Å². The molecule has 0 aliphatic carbocycles. The van der Waals surface area contributed by atoms with Gasteiger partial charge in [0.15, 0.2) is 5.82 Å². The Kier molecular flexibility index (Phi) is 3.23. The van der Waals surface area contributed by atoms with E-state index in [1.165, 1.54) is 0 Å². The smallest absolute Gasteiger partial charge is 0.377 e. The second-order valence-corrected chi connectivity index (χ2v) is 3.56. The quantitative estimate of drug-likeness (QED) is 0.515. The van der Waals surface area contributed by atoms with Crippen LogP contribution in [0.3, 0.4) is 0 Å². The van der Waals surface area contributed by atoms with E-state index in [1.807, 2.05) is 0 Å². The number of halogens is 3. The van der Waals surface area contributed by atoms with Crippen LogP contribution in [0, 0.1) is 5.82 Å². The predicted molar refractivity (Wildman–Crippen MR) is 51.1 cm³/mol. The minimum Gasteiger partial charge on any atom is -0.475 e. The van der Waals surface area contributed by atoms with Gasteiger partial charge >= 0.3 is 5.97 Å². The highest BCUT2D eigenvalue weighted by Crippen LogP contribution is 2.27. The normalized spacial score (nSPS) is 9.93. The van der Waals surface area contributed by atoms with Crippen molar-refractivity contribution in [2.45, 2.75) is 0 Å². The Morgan fingerprint density at radius 2 is 2.00 bits per heavy atom. The van der Waals surface area contributed by atoms with E-state index in [1.54, 1.807) is 0 Å².